The summed E-state index contributed by atoms with van der Waals surface area (Å²) in [5.74, 6) is 0. The maximum absolute atomic E-state index is 9.25. The van der Waals surface area contributed by atoms with Gasteiger partial charge in [0.25, 0.3) is 0 Å². The van der Waals surface area contributed by atoms with Crippen molar-refractivity contribution >= 4 is 22.4 Å². The fourth-order valence-corrected chi connectivity index (χ4v) is 1.75. The van der Waals surface area contributed by atoms with Crippen LogP contribution in [0.5, 0.6) is 0 Å². The number of nitrogen functional groups attached to an aromatic ring is 1. The smallest absolute Gasteiger partial charge is 0.160 e. The van der Waals surface area contributed by atoms with Crippen molar-refractivity contribution in [3.05, 3.63) is 12.1 Å². The molecule has 0 spiro atoms. The van der Waals surface area contributed by atoms with E-state index in [4.69, 9.17) is 5.73 Å². The van der Waals surface area contributed by atoms with Gasteiger partial charge in [0.2, 0.25) is 0 Å². The summed E-state index contributed by atoms with van der Waals surface area (Å²) in [5.41, 5.74) is 8.05. The van der Waals surface area contributed by atoms with E-state index in [0.29, 0.717) is 16.7 Å². The summed E-state index contributed by atoms with van der Waals surface area (Å²) < 4.78 is 4.67. The Hall–Kier alpha value is -1.82. The minimum Gasteiger partial charge on any atom is -0.397 e. The molecule has 0 amide bonds. The van der Waals surface area contributed by atoms with Gasteiger partial charge < -0.3 is 16.2 Å². The van der Waals surface area contributed by atoms with Gasteiger partial charge in [0, 0.05) is 0 Å². The summed E-state index contributed by atoms with van der Waals surface area (Å²) in [5, 5.41) is 20.1. The third-order valence-corrected chi connectivity index (χ3v) is 3.00. The molecular formula is C10H12N4O2. The average molecular weight is 220 g/mol. The molecule has 6 heteroatoms. The lowest BCUT2D eigenvalue weighted by Crippen LogP contribution is -2.25. The molecule has 1 aliphatic rings. The van der Waals surface area contributed by atoms with Crippen molar-refractivity contribution in [1.29, 1.82) is 0 Å². The molecule has 2 aromatic rings. The number of aliphatic hydroxyl groups is 1. The Kier molecular flexibility index (Phi) is 1.81. The summed E-state index contributed by atoms with van der Waals surface area (Å²) in [6.07, 6.45) is 1.92. The molecule has 16 heavy (non-hydrogen) atoms. The second-order valence-corrected chi connectivity index (χ2v) is 4.23. The van der Waals surface area contributed by atoms with E-state index in [1.165, 1.54) is 0 Å². The van der Waals surface area contributed by atoms with Crippen LogP contribution in [0.2, 0.25) is 0 Å². The Morgan fingerprint density at radius 2 is 2.12 bits per heavy atom. The first-order valence-corrected chi connectivity index (χ1v) is 5.14. The van der Waals surface area contributed by atoms with Crippen molar-refractivity contribution in [2.75, 3.05) is 17.7 Å². The van der Waals surface area contributed by atoms with Crippen LogP contribution in [0.1, 0.15) is 12.8 Å². The Labute approximate surface area is 91.4 Å². The van der Waals surface area contributed by atoms with Crippen LogP contribution in [-0.2, 0) is 0 Å². The lowest BCUT2D eigenvalue weighted by molar-refractivity contribution is 0.266. The second kappa shape index (κ2) is 3.08. The van der Waals surface area contributed by atoms with E-state index in [9.17, 15) is 5.11 Å². The third kappa shape index (κ3) is 1.30. The number of nitrogens with zero attached hydrogens (tertiary/aromatic N) is 2. The molecule has 84 valence electrons. The van der Waals surface area contributed by atoms with Gasteiger partial charge in [0.1, 0.15) is 0 Å². The summed E-state index contributed by atoms with van der Waals surface area (Å²) in [6, 6.07) is 3.58. The quantitative estimate of drug-likeness (QED) is 0.660. The molecule has 0 saturated heterocycles. The molecule has 1 aromatic heterocycles. The van der Waals surface area contributed by atoms with E-state index < -0.39 is 0 Å². The Bertz CT molecular complexity index is 533. The minimum atomic E-state index is -0.192. The highest BCUT2D eigenvalue weighted by molar-refractivity contribution is 5.95. The van der Waals surface area contributed by atoms with Crippen molar-refractivity contribution in [1.82, 2.24) is 10.3 Å². The number of hydrogen-bond donors (Lipinski definition) is 3. The SMILES string of the molecule is Nc1ccc(NC2(CO)CC2)c2nonc12. The standard InChI is InChI=1S/C10H12N4O2/c11-6-1-2-7(9-8(6)13-16-14-9)12-10(5-15)3-4-10/h1-2,12,15H,3-5,11H2. The number of rotatable bonds is 3. The number of anilines is 2. The van der Waals surface area contributed by atoms with E-state index in [1.807, 2.05) is 6.07 Å². The summed E-state index contributed by atoms with van der Waals surface area (Å²) >= 11 is 0. The van der Waals surface area contributed by atoms with E-state index in [2.05, 4.69) is 20.3 Å². The molecule has 4 N–H and O–H groups in total. The van der Waals surface area contributed by atoms with Crippen LogP contribution in [0, 0.1) is 0 Å². The number of aromatic nitrogens is 2. The van der Waals surface area contributed by atoms with E-state index in [-0.39, 0.29) is 12.1 Å². The van der Waals surface area contributed by atoms with Crippen LogP contribution < -0.4 is 11.1 Å². The molecule has 0 atom stereocenters. The second-order valence-electron chi connectivity index (χ2n) is 4.23. The molecule has 0 aliphatic heterocycles. The molecule has 0 unspecified atom stereocenters. The van der Waals surface area contributed by atoms with Crippen molar-refractivity contribution in [2.24, 2.45) is 0 Å². The molecule has 6 nitrogen and oxygen atoms in total. The first-order valence-electron chi connectivity index (χ1n) is 5.14. The largest absolute Gasteiger partial charge is 0.397 e. The Morgan fingerprint density at radius 3 is 2.81 bits per heavy atom. The fraction of sp³-hybridized carbons (Fsp3) is 0.400. The minimum absolute atomic E-state index is 0.115. The van der Waals surface area contributed by atoms with Crippen LogP contribution >= 0.6 is 0 Å². The van der Waals surface area contributed by atoms with E-state index >= 15 is 0 Å². The number of hydrogen-bond acceptors (Lipinski definition) is 6. The van der Waals surface area contributed by atoms with Crippen molar-refractivity contribution in [3.63, 3.8) is 0 Å². The van der Waals surface area contributed by atoms with Crippen LogP contribution in [0.4, 0.5) is 11.4 Å². The van der Waals surface area contributed by atoms with Crippen LogP contribution in [-0.4, -0.2) is 27.6 Å². The van der Waals surface area contributed by atoms with Crippen molar-refractivity contribution in [2.45, 2.75) is 18.4 Å². The number of fused-ring (bicyclic) bond motifs is 1. The zero-order valence-electron chi connectivity index (χ0n) is 8.60. The summed E-state index contributed by atoms with van der Waals surface area (Å²) in [7, 11) is 0. The molecule has 1 heterocycles. The highest BCUT2D eigenvalue weighted by Gasteiger charge is 2.42. The third-order valence-electron chi connectivity index (χ3n) is 3.00. The average Bonchev–Trinajstić information content (AvgIpc) is 2.88. The Balaban J connectivity index is 2.04. The maximum Gasteiger partial charge on any atom is 0.160 e. The highest BCUT2D eigenvalue weighted by Crippen LogP contribution is 2.40. The van der Waals surface area contributed by atoms with Gasteiger partial charge in [-0.2, -0.15) is 0 Å². The normalized spacial score (nSPS) is 17.6. The number of nitrogens with one attached hydrogen (secondary N) is 1. The molecule has 0 bridgehead atoms. The number of benzene rings is 1. The molecule has 1 aliphatic carbocycles. The predicted octanol–water partition coefficient (Wildman–Crippen LogP) is 0.742. The first-order chi connectivity index (χ1) is 7.74. The monoisotopic (exact) mass is 220 g/mol. The zero-order valence-corrected chi connectivity index (χ0v) is 8.60. The molecule has 1 saturated carbocycles. The van der Waals surface area contributed by atoms with Gasteiger partial charge in [-0.05, 0) is 35.3 Å². The Morgan fingerprint density at radius 1 is 1.38 bits per heavy atom. The highest BCUT2D eigenvalue weighted by atomic mass is 16.6. The number of aliphatic hydroxyl groups excluding tert-OH is 1. The summed E-state index contributed by atoms with van der Waals surface area (Å²) in [4.78, 5) is 0. The van der Waals surface area contributed by atoms with Crippen LogP contribution in [0.25, 0.3) is 11.0 Å². The first kappa shape index (κ1) is 9.41. The van der Waals surface area contributed by atoms with Gasteiger partial charge in [0.15, 0.2) is 11.0 Å². The fourth-order valence-electron chi connectivity index (χ4n) is 1.75. The van der Waals surface area contributed by atoms with Gasteiger partial charge in [-0.3, -0.25) is 0 Å². The van der Waals surface area contributed by atoms with E-state index in [1.54, 1.807) is 6.07 Å². The van der Waals surface area contributed by atoms with Gasteiger partial charge in [-0.25, -0.2) is 4.63 Å². The lowest BCUT2D eigenvalue weighted by Gasteiger charge is -2.15. The van der Waals surface area contributed by atoms with Gasteiger partial charge in [-0.15, -0.1) is 0 Å². The molecule has 3 rings (SSSR count). The molecule has 1 fully saturated rings. The molecule has 1 aromatic carbocycles. The van der Waals surface area contributed by atoms with Gasteiger partial charge in [-0.1, -0.05) is 0 Å². The molecular weight excluding hydrogens is 208 g/mol. The van der Waals surface area contributed by atoms with Crippen LogP contribution in [0.3, 0.4) is 0 Å². The van der Waals surface area contributed by atoms with Gasteiger partial charge in [0.05, 0.1) is 23.5 Å². The lowest BCUT2D eigenvalue weighted by atomic mass is 10.2. The maximum atomic E-state index is 9.25. The zero-order chi connectivity index (χ0) is 11.2. The van der Waals surface area contributed by atoms with Crippen LogP contribution in [0.15, 0.2) is 16.8 Å². The predicted molar refractivity (Wildman–Crippen MR) is 58.9 cm³/mol. The number of nitrogens with two attached hydrogens (primary N) is 1. The topological polar surface area (TPSA) is 97.2 Å². The summed E-state index contributed by atoms with van der Waals surface area (Å²) in [6.45, 7) is 0.115. The van der Waals surface area contributed by atoms with Crippen molar-refractivity contribution < 1.29 is 9.74 Å². The van der Waals surface area contributed by atoms with Gasteiger partial charge >= 0.3 is 0 Å². The molecule has 0 radical (unpaired) electrons. The van der Waals surface area contributed by atoms with Crippen molar-refractivity contribution in [3.8, 4) is 0 Å². The van der Waals surface area contributed by atoms with E-state index in [0.717, 1.165) is 18.5 Å².